The fourth-order valence-corrected chi connectivity index (χ4v) is 4.96. The van der Waals surface area contributed by atoms with Crippen molar-refractivity contribution in [2.24, 2.45) is 11.7 Å². The van der Waals surface area contributed by atoms with Gasteiger partial charge in [0.1, 0.15) is 0 Å². The third-order valence-electron chi connectivity index (χ3n) is 6.40. The molecule has 4 aliphatic rings. The molecule has 4 rings (SSSR count). The maximum absolute atomic E-state index is 6.27. The number of piperazine rings is 1. The van der Waals surface area contributed by atoms with E-state index in [-0.39, 0.29) is 5.54 Å². The molecule has 0 saturated carbocycles. The molecule has 0 aliphatic carbocycles. The lowest BCUT2D eigenvalue weighted by Crippen LogP contribution is -2.60. The molecule has 0 aromatic rings. The van der Waals surface area contributed by atoms with E-state index >= 15 is 0 Å². The number of nitrogens with two attached hydrogens (primary N) is 1. The fourth-order valence-electron chi connectivity index (χ4n) is 4.96. The zero-order valence-corrected chi connectivity index (χ0v) is 13.4. The van der Waals surface area contributed by atoms with Crippen LogP contribution in [0.1, 0.15) is 32.6 Å². The van der Waals surface area contributed by atoms with Gasteiger partial charge in [0.15, 0.2) is 0 Å². The monoisotopic (exact) mass is 293 g/mol. The van der Waals surface area contributed by atoms with Gasteiger partial charge in [-0.2, -0.15) is 0 Å². The minimum absolute atomic E-state index is 0.0629. The van der Waals surface area contributed by atoms with E-state index in [2.05, 4.69) is 27.4 Å². The average molecular weight is 293 g/mol. The highest BCUT2D eigenvalue weighted by atomic mass is 15.3. The summed E-state index contributed by atoms with van der Waals surface area (Å²) in [5.74, 6) is 0.860. The number of hydrogen-bond donors (Lipinski definition) is 3. The van der Waals surface area contributed by atoms with Gasteiger partial charge < -0.3 is 11.1 Å². The van der Waals surface area contributed by atoms with Crippen LogP contribution in [0.5, 0.6) is 0 Å². The number of piperidine rings is 2. The topological polar surface area (TPSA) is 56.6 Å². The van der Waals surface area contributed by atoms with Crippen LogP contribution >= 0.6 is 0 Å². The SMILES string of the molecule is CC1(N)CCN(C2CCC3C(CN4CCNC[C@@H]34)N2)CC1. The van der Waals surface area contributed by atoms with Gasteiger partial charge in [0, 0.05) is 56.9 Å². The number of rotatable bonds is 1. The summed E-state index contributed by atoms with van der Waals surface area (Å²) < 4.78 is 0. The number of nitrogens with one attached hydrogen (secondary N) is 2. The predicted octanol–water partition coefficient (Wildman–Crippen LogP) is -0.219. The van der Waals surface area contributed by atoms with Gasteiger partial charge in [0.05, 0.1) is 6.17 Å². The Hall–Kier alpha value is -0.200. The van der Waals surface area contributed by atoms with Crippen LogP contribution in [0.15, 0.2) is 0 Å². The summed E-state index contributed by atoms with van der Waals surface area (Å²) in [4.78, 5) is 5.37. The van der Waals surface area contributed by atoms with E-state index < -0.39 is 0 Å². The van der Waals surface area contributed by atoms with E-state index in [4.69, 9.17) is 5.73 Å². The van der Waals surface area contributed by atoms with E-state index in [9.17, 15) is 0 Å². The maximum atomic E-state index is 6.27. The van der Waals surface area contributed by atoms with Crippen LogP contribution in [0, 0.1) is 5.92 Å². The van der Waals surface area contributed by atoms with Crippen LogP contribution in [0.25, 0.3) is 0 Å². The number of fused-ring (bicyclic) bond motifs is 3. The number of hydrogen-bond acceptors (Lipinski definition) is 5. The van der Waals surface area contributed by atoms with Crippen LogP contribution in [-0.2, 0) is 0 Å². The minimum Gasteiger partial charge on any atom is -0.325 e. The van der Waals surface area contributed by atoms with E-state index in [1.54, 1.807) is 0 Å². The molecule has 5 nitrogen and oxygen atoms in total. The van der Waals surface area contributed by atoms with Crippen molar-refractivity contribution in [2.45, 2.75) is 56.4 Å². The first kappa shape index (κ1) is 14.4. The first-order valence-corrected chi connectivity index (χ1v) is 8.86. The van der Waals surface area contributed by atoms with Gasteiger partial charge >= 0.3 is 0 Å². The van der Waals surface area contributed by atoms with Crippen molar-refractivity contribution in [2.75, 3.05) is 39.3 Å². The average Bonchev–Trinajstić information content (AvgIpc) is 2.84. The number of nitrogens with zero attached hydrogens (tertiary/aromatic N) is 2. The Morgan fingerprint density at radius 1 is 1.10 bits per heavy atom. The Bertz CT molecular complexity index is 375. The molecule has 0 radical (unpaired) electrons. The van der Waals surface area contributed by atoms with Crippen molar-refractivity contribution in [3.05, 3.63) is 0 Å². The van der Waals surface area contributed by atoms with Crippen molar-refractivity contribution in [3.8, 4) is 0 Å². The smallest absolute Gasteiger partial charge is 0.0599 e. The summed E-state index contributed by atoms with van der Waals surface area (Å²) in [5, 5.41) is 7.56. The Labute approximate surface area is 128 Å². The highest BCUT2D eigenvalue weighted by Gasteiger charge is 2.46. The second-order valence-electron chi connectivity index (χ2n) is 7.99. The molecule has 120 valence electrons. The quantitative estimate of drug-likeness (QED) is 0.624. The Kier molecular flexibility index (Phi) is 3.74. The molecule has 0 bridgehead atoms. The molecule has 4 N–H and O–H groups in total. The van der Waals surface area contributed by atoms with Crippen LogP contribution in [0.3, 0.4) is 0 Å². The normalized spacial score (nSPS) is 44.3. The Balaban J connectivity index is 1.37. The first-order valence-electron chi connectivity index (χ1n) is 8.86. The summed E-state index contributed by atoms with van der Waals surface area (Å²) >= 11 is 0. The molecular weight excluding hydrogens is 262 g/mol. The fraction of sp³-hybridized carbons (Fsp3) is 1.00. The van der Waals surface area contributed by atoms with Crippen molar-refractivity contribution < 1.29 is 0 Å². The maximum Gasteiger partial charge on any atom is 0.0599 e. The molecule has 0 spiro atoms. The third-order valence-corrected chi connectivity index (χ3v) is 6.40. The van der Waals surface area contributed by atoms with Gasteiger partial charge in [-0.15, -0.1) is 0 Å². The molecule has 0 aromatic carbocycles. The van der Waals surface area contributed by atoms with Crippen LogP contribution in [-0.4, -0.2) is 72.9 Å². The minimum atomic E-state index is 0.0629. The van der Waals surface area contributed by atoms with Gasteiger partial charge in [0.25, 0.3) is 0 Å². The van der Waals surface area contributed by atoms with Crippen LogP contribution < -0.4 is 16.4 Å². The molecule has 4 atom stereocenters. The molecule has 5 heteroatoms. The summed E-state index contributed by atoms with van der Waals surface area (Å²) in [6.45, 7) is 9.39. The molecule has 4 saturated heterocycles. The van der Waals surface area contributed by atoms with Gasteiger partial charge in [0.2, 0.25) is 0 Å². The lowest BCUT2D eigenvalue weighted by atomic mass is 9.85. The third kappa shape index (κ3) is 2.75. The van der Waals surface area contributed by atoms with Crippen molar-refractivity contribution >= 4 is 0 Å². The van der Waals surface area contributed by atoms with E-state index in [1.165, 1.54) is 39.0 Å². The molecule has 4 fully saturated rings. The first-order chi connectivity index (χ1) is 10.1. The molecule has 4 aliphatic heterocycles. The largest absolute Gasteiger partial charge is 0.325 e. The summed E-state index contributed by atoms with van der Waals surface area (Å²) in [5.41, 5.74) is 6.34. The molecule has 3 unspecified atom stereocenters. The van der Waals surface area contributed by atoms with Crippen molar-refractivity contribution in [1.82, 2.24) is 20.4 Å². The highest BCUT2D eigenvalue weighted by molar-refractivity contribution is 5.03. The zero-order valence-electron chi connectivity index (χ0n) is 13.4. The lowest BCUT2D eigenvalue weighted by molar-refractivity contribution is 0.0618. The second kappa shape index (κ2) is 5.46. The van der Waals surface area contributed by atoms with E-state index in [0.29, 0.717) is 12.2 Å². The standard InChI is InChI=1S/C16H31N5/c1-16(17)4-7-20(8-5-16)15-3-2-12-13(19-15)11-21-9-6-18-10-14(12)21/h12-15,18-19H,2-11,17H2,1H3/t12?,13?,14-,15?/m0/s1. The van der Waals surface area contributed by atoms with Gasteiger partial charge in [-0.25, -0.2) is 0 Å². The zero-order chi connectivity index (χ0) is 14.4. The highest BCUT2D eigenvalue weighted by Crippen LogP contribution is 2.34. The van der Waals surface area contributed by atoms with Crippen molar-refractivity contribution in [3.63, 3.8) is 0 Å². The summed E-state index contributed by atoms with van der Waals surface area (Å²) in [7, 11) is 0. The van der Waals surface area contributed by atoms with Crippen LogP contribution in [0.2, 0.25) is 0 Å². The molecular formula is C16H31N5. The Morgan fingerprint density at radius 2 is 1.90 bits per heavy atom. The second-order valence-corrected chi connectivity index (χ2v) is 7.99. The van der Waals surface area contributed by atoms with Gasteiger partial charge in [-0.3, -0.25) is 15.1 Å². The summed E-state index contributed by atoms with van der Waals surface area (Å²) in [6, 6.07) is 1.49. The molecule has 4 heterocycles. The van der Waals surface area contributed by atoms with Crippen LogP contribution in [0.4, 0.5) is 0 Å². The van der Waals surface area contributed by atoms with Crippen molar-refractivity contribution in [1.29, 1.82) is 0 Å². The molecule has 21 heavy (non-hydrogen) atoms. The predicted molar refractivity (Wildman–Crippen MR) is 85.1 cm³/mol. The lowest BCUT2D eigenvalue weighted by Gasteiger charge is -2.45. The molecule has 0 amide bonds. The van der Waals surface area contributed by atoms with Gasteiger partial charge in [-0.05, 0) is 38.5 Å². The van der Waals surface area contributed by atoms with E-state index in [1.807, 2.05) is 0 Å². The van der Waals surface area contributed by atoms with Gasteiger partial charge in [-0.1, -0.05) is 0 Å². The number of likely N-dealkylation sites (tertiary alicyclic amines) is 1. The molecule has 0 aromatic heterocycles. The summed E-state index contributed by atoms with van der Waals surface area (Å²) in [6.07, 6.45) is 5.57. The Morgan fingerprint density at radius 3 is 2.71 bits per heavy atom. The van der Waals surface area contributed by atoms with E-state index in [0.717, 1.165) is 37.9 Å².